The van der Waals surface area contributed by atoms with Gasteiger partial charge in [-0.05, 0) is 12.8 Å². The van der Waals surface area contributed by atoms with Crippen LogP contribution in [0.25, 0.3) is 0 Å². The molecule has 2 N–H and O–H groups in total. The lowest BCUT2D eigenvalue weighted by atomic mass is 9.86. The van der Waals surface area contributed by atoms with Crippen LogP contribution in [-0.2, 0) is 14.4 Å². The normalized spacial score (nSPS) is 13.5. The minimum atomic E-state index is -2.61. The molecule has 0 saturated carbocycles. The molecule has 44 heavy (non-hydrogen) atoms. The second-order valence-corrected chi connectivity index (χ2v) is 13.6. The average molecular weight is 623 g/mol. The predicted molar refractivity (Wildman–Crippen MR) is 186 cm³/mol. The van der Waals surface area contributed by atoms with Crippen molar-refractivity contribution in [1.82, 2.24) is 0 Å². The van der Waals surface area contributed by atoms with Crippen LogP contribution in [0.5, 0.6) is 0 Å². The summed E-state index contributed by atoms with van der Waals surface area (Å²) >= 11 is 0. The Balaban J connectivity index is 3.80. The van der Waals surface area contributed by atoms with Crippen molar-refractivity contribution in [2.24, 2.45) is 0 Å². The molecule has 0 aromatic rings. The lowest BCUT2D eigenvalue weighted by molar-refractivity contribution is -0.162. The summed E-state index contributed by atoms with van der Waals surface area (Å²) in [5.41, 5.74) is -2.61. The Hall–Kier alpha value is -1.07. The van der Waals surface area contributed by atoms with Gasteiger partial charge in [0.15, 0.2) is 24.0 Å². The fourth-order valence-corrected chi connectivity index (χ4v) is 6.19. The minimum Gasteiger partial charge on any atom is -0.381 e. The number of hydrogen-bond donors (Lipinski definition) is 2. The van der Waals surface area contributed by atoms with E-state index in [1.807, 2.05) is 0 Å². The fraction of sp³-hybridized carbons (Fsp3) is 0.923. The molecule has 0 amide bonds. The van der Waals surface area contributed by atoms with Gasteiger partial charge in [0.25, 0.3) is 0 Å². The first-order valence-electron chi connectivity index (χ1n) is 19.4. The maximum absolute atomic E-state index is 12.6. The molecule has 0 aliphatic carbocycles. The van der Waals surface area contributed by atoms with Crippen molar-refractivity contribution in [2.75, 3.05) is 0 Å². The molecule has 0 aliphatic heterocycles. The number of aliphatic hydroxyl groups is 2. The highest BCUT2D eigenvalue weighted by Gasteiger charge is 2.45. The van der Waals surface area contributed by atoms with Gasteiger partial charge in [0.2, 0.25) is 5.60 Å². The summed E-state index contributed by atoms with van der Waals surface area (Å²) in [5, 5.41) is 21.0. The number of carbonyl (C=O) groups is 3. The molecule has 0 saturated heterocycles. The Kier molecular flexibility index (Phi) is 31.1. The number of aldehydes is 1. The van der Waals surface area contributed by atoms with Gasteiger partial charge in [-0.15, -0.1) is 0 Å². The molecule has 0 heterocycles. The highest BCUT2D eigenvalue weighted by Crippen LogP contribution is 2.20. The highest BCUT2D eigenvalue weighted by molar-refractivity contribution is 6.07. The van der Waals surface area contributed by atoms with E-state index in [1.165, 1.54) is 141 Å². The second-order valence-electron chi connectivity index (χ2n) is 13.6. The van der Waals surface area contributed by atoms with Gasteiger partial charge in [-0.2, -0.15) is 0 Å². The zero-order chi connectivity index (χ0) is 32.6. The first kappa shape index (κ1) is 42.9. The van der Waals surface area contributed by atoms with Crippen molar-refractivity contribution in [3.8, 4) is 0 Å². The molecule has 0 fully saturated rings. The van der Waals surface area contributed by atoms with Gasteiger partial charge < -0.3 is 10.2 Å². The number of hydrogen-bond acceptors (Lipinski definition) is 5. The van der Waals surface area contributed by atoms with Crippen molar-refractivity contribution >= 4 is 17.9 Å². The molecule has 5 heteroatoms. The van der Waals surface area contributed by atoms with Gasteiger partial charge in [0.1, 0.15) is 0 Å². The average Bonchev–Trinajstić information content (AvgIpc) is 3.03. The van der Waals surface area contributed by atoms with E-state index < -0.39 is 23.3 Å². The summed E-state index contributed by atoms with van der Waals surface area (Å²) in [6.45, 7) is 4.51. The first-order chi connectivity index (χ1) is 21.4. The van der Waals surface area contributed by atoms with Crippen LogP contribution in [0.2, 0.25) is 0 Å². The Morgan fingerprint density at radius 3 is 1.00 bits per heavy atom. The lowest BCUT2D eigenvalue weighted by Gasteiger charge is -2.25. The molecule has 0 spiro atoms. The summed E-state index contributed by atoms with van der Waals surface area (Å²) in [6.07, 6.45) is 34.7. The Labute approximate surface area is 273 Å². The SMILES string of the molecule is CCCCCCCCCCCCCCCCCC(=O)C(O)C(O)(C=O)C(=O)CCCCCCCCCCCCCCCCC. The van der Waals surface area contributed by atoms with Crippen LogP contribution in [-0.4, -0.2) is 39.8 Å². The second kappa shape index (κ2) is 31.9. The smallest absolute Gasteiger partial charge is 0.211 e. The Morgan fingerprint density at radius 2 is 0.727 bits per heavy atom. The van der Waals surface area contributed by atoms with Crippen LogP contribution < -0.4 is 0 Å². The van der Waals surface area contributed by atoms with Crippen molar-refractivity contribution in [3.05, 3.63) is 0 Å². The van der Waals surface area contributed by atoms with Gasteiger partial charge in [0, 0.05) is 12.8 Å². The zero-order valence-corrected chi connectivity index (χ0v) is 29.4. The topological polar surface area (TPSA) is 91.7 Å². The number of aliphatic hydroxyl groups excluding tert-OH is 1. The van der Waals surface area contributed by atoms with Gasteiger partial charge in [-0.25, -0.2) is 0 Å². The van der Waals surface area contributed by atoms with Crippen molar-refractivity contribution in [1.29, 1.82) is 0 Å². The third-order valence-electron chi connectivity index (χ3n) is 9.38. The van der Waals surface area contributed by atoms with Gasteiger partial charge in [-0.1, -0.05) is 194 Å². The maximum atomic E-state index is 12.6. The van der Waals surface area contributed by atoms with Crippen LogP contribution in [0.3, 0.4) is 0 Å². The molecule has 2 atom stereocenters. The summed E-state index contributed by atoms with van der Waals surface area (Å²) in [4.78, 5) is 36.7. The molecule has 0 aromatic heterocycles. The van der Waals surface area contributed by atoms with Crippen LogP contribution in [0.1, 0.15) is 219 Å². The van der Waals surface area contributed by atoms with Crippen molar-refractivity contribution in [2.45, 2.75) is 231 Å². The molecule has 0 aliphatic rings. The van der Waals surface area contributed by atoms with Gasteiger partial charge >= 0.3 is 0 Å². The monoisotopic (exact) mass is 623 g/mol. The molecule has 0 rings (SSSR count). The van der Waals surface area contributed by atoms with E-state index in [0.29, 0.717) is 12.8 Å². The fourth-order valence-electron chi connectivity index (χ4n) is 6.19. The molecule has 0 bridgehead atoms. The van der Waals surface area contributed by atoms with Crippen LogP contribution in [0.15, 0.2) is 0 Å². The Bertz CT molecular complexity index is 663. The molecule has 0 aromatic carbocycles. The summed E-state index contributed by atoms with van der Waals surface area (Å²) < 4.78 is 0. The highest BCUT2D eigenvalue weighted by atomic mass is 16.4. The number of rotatable bonds is 36. The molecule has 5 nitrogen and oxygen atoms in total. The van der Waals surface area contributed by atoms with E-state index in [-0.39, 0.29) is 19.1 Å². The van der Waals surface area contributed by atoms with Crippen molar-refractivity contribution in [3.63, 3.8) is 0 Å². The summed E-state index contributed by atoms with van der Waals surface area (Å²) in [7, 11) is 0. The van der Waals surface area contributed by atoms with E-state index in [2.05, 4.69) is 13.8 Å². The standard InChI is InChI=1S/C39H74O5/c1-3-5-7-9-11-13-15-17-19-21-23-25-27-29-31-33-36(41)38(43)39(44,35-40)37(42)34-32-30-28-26-24-22-20-18-16-14-12-10-8-6-4-2/h35,38,43-44H,3-34H2,1-2H3. The largest absolute Gasteiger partial charge is 0.381 e. The third kappa shape index (κ3) is 24.2. The zero-order valence-electron chi connectivity index (χ0n) is 29.4. The van der Waals surface area contributed by atoms with Gasteiger partial charge in [-0.3, -0.25) is 14.4 Å². The summed E-state index contributed by atoms with van der Waals surface area (Å²) in [5.74, 6) is -1.35. The summed E-state index contributed by atoms with van der Waals surface area (Å²) in [6, 6.07) is 0. The third-order valence-corrected chi connectivity index (χ3v) is 9.38. The van der Waals surface area contributed by atoms with Crippen LogP contribution >= 0.6 is 0 Å². The van der Waals surface area contributed by atoms with Crippen LogP contribution in [0, 0.1) is 0 Å². The number of carbonyl (C=O) groups excluding carboxylic acids is 3. The number of ketones is 2. The quantitative estimate of drug-likeness (QED) is 0.0412. The molecular weight excluding hydrogens is 548 g/mol. The van der Waals surface area contributed by atoms with E-state index in [9.17, 15) is 24.6 Å². The maximum Gasteiger partial charge on any atom is 0.211 e. The van der Waals surface area contributed by atoms with Crippen molar-refractivity contribution < 1.29 is 24.6 Å². The first-order valence-corrected chi connectivity index (χ1v) is 19.4. The van der Waals surface area contributed by atoms with E-state index in [0.717, 1.165) is 38.5 Å². The molecule has 0 radical (unpaired) electrons. The number of unbranched alkanes of at least 4 members (excludes halogenated alkanes) is 28. The lowest BCUT2D eigenvalue weighted by Crippen LogP contribution is -2.54. The molecular formula is C39H74O5. The van der Waals surface area contributed by atoms with Crippen LogP contribution in [0.4, 0.5) is 0 Å². The van der Waals surface area contributed by atoms with E-state index >= 15 is 0 Å². The Morgan fingerprint density at radius 1 is 0.477 bits per heavy atom. The molecule has 2 unspecified atom stereocenters. The molecule has 260 valence electrons. The van der Waals surface area contributed by atoms with E-state index in [4.69, 9.17) is 0 Å². The predicted octanol–water partition coefficient (Wildman–Crippen LogP) is 10.9. The van der Waals surface area contributed by atoms with Gasteiger partial charge in [0.05, 0.1) is 0 Å². The van der Waals surface area contributed by atoms with E-state index in [1.54, 1.807) is 0 Å². The minimum absolute atomic E-state index is 0.0107. The number of Topliss-reactive ketones (excluding diaryl/α,β-unsaturated/α-hetero) is 2.